The highest BCUT2D eigenvalue weighted by molar-refractivity contribution is 5.75. The molecular formula is C21H33N3O3. The minimum Gasteiger partial charge on any atom is -0.480 e. The molecule has 1 heterocycles. The van der Waals surface area contributed by atoms with Crippen molar-refractivity contribution >= 4 is 12.0 Å². The van der Waals surface area contributed by atoms with E-state index in [-0.39, 0.29) is 30.1 Å². The van der Waals surface area contributed by atoms with Gasteiger partial charge in [-0.15, -0.1) is 0 Å². The summed E-state index contributed by atoms with van der Waals surface area (Å²) in [5.74, 6) is -0.798. The van der Waals surface area contributed by atoms with Gasteiger partial charge >= 0.3 is 12.0 Å². The van der Waals surface area contributed by atoms with Crippen molar-refractivity contribution in [1.82, 2.24) is 15.1 Å². The van der Waals surface area contributed by atoms with Gasteiger partial charge in [-0.1, -0.05) is 58.0 Å². The highest BCUT2D eigenvalue weighted by Crippen LogP contribution is 2.33. The van der Waals surface area contributed by atoms with Crippen LogP contribution in [0.1, 0.15) is 52.1 Å². The summed E-state index contributed by atoms with van der Waals surface area (Å²) in [5.41, 5.74) is 1.00. The molecule has 1 aliphatic heterocycles. The van der Waals surface area contributed by atoms with E-state index in [9.17, 15) is 9.59 Å². The fourth-order valence-corrected chi connectivity index (χ4v) is 3.77. The number of nitrogens with zero attached hydrogens (tertiary/aromatic N) is 2. The maximum absolute atomic E-state index is 12.9. The molecule has 1 aliphatic rings. The van der Waals surface area contributed by atoms with Crippen LogP contribution in [0, 0.1) is 5.41 Å². The van der Waals surface area contributed by atoms with Crippen LogP contribution < -0.4 is 5.32 Å². The Kier molecular flexibility index (Phi) is 7.25. The van der Waals surface area contributed by atoms with Crippen LogP contribution in [0.5, 0.6) is 0 Å². The molecule has 0 aliphatic carbocycles. The SMILES string of the molecule is CCN(CC(=O)O)C1CCN(C(=O)NC(c2ccccc2)C(C)(C)C)CC1. The zero-order valence-corrected chi connectivity index (χ0v) is 16.9. The van der Waals surface area contributed by atoms with Gasteiger partial charge in [-0.25, -0.2) is 4.79 Å². The third-order valence-corrected chi connectivity index (χ3v) is 5.28. The summed E-state index contributed by atoms with van der Waals surface area (Å²) in [6.45, 7) is 10.4. The number of likely N-dealkylation sites (tertiary alicyclic amines) is 1. The lowest BCUT2D eigenvalue weighted by Crippen LogP contribution is -2.51. The number of hydrogen-bond acceptors (Lipinski definition) is 3. The number of rotatable bonds is 6. The molecule has 6 heteroatoms. The number of hydrogen-bond donors (Lipinski definition) is 2. The predicted molar refractivity (Wildman–Crippen MR) is 107 cm³/mol. The molecule has 0 aromatic heterocycles. The molecule has 1 aromatic rings. The third-order valence-electron chi connectivity index (χ3n) is 5.28. The first-order valence-electron chi connectivity index (χ1n) is 9.78. The van der Waals surface area contributed by atoms with Crippen molar-refractivity contribution in [3.8, 4) is 0 Å². The molecule has 0 saturated carbocycles. The van der Waals surface area contributed by atoms with Gasteiger partial charge in [0.1, 0.15) is 0 Å². The number of carbonyl (C=O) groups excluding carboxylic acids is 1. The summed E-state index contributed by atoms with van der Waals surface area (Å²) in [6, 6.07) is 10.2. The number of nitrogens with one attached hydrogen (secondary N) is 1. The number of carbonyl (C=O) groups is 2. The number of aliphatic carboxylic acids is 1. The highest BCUT2D eigenvalue weighted by atomic mass is 16.4. The monoisotopic (exact) mass is 375 g/mol. The summed E-state index contributed by atoms with van der Waals surface area (Å²) >= 11 is 0. The van der Waals surface area contributed by atoms with E-state index in [2.05, 4.69) is 26.1 Å². The molecule has 2 rings (SSSR count). The summed E-state index contributed by atoms with van der Waals surface area (Å²) in [6.07, 6.45) is 1.61. The average molecular weight is 376 g/mol. The first-order chi connectivity index (χ1) is 12.7. The van der Waals surface area contributed by atoms with E-state index < -0.39 is 5.97 Å². The van der Waals surface area contributed by atoms with Crippen LogP contribution in [0.3, 0.4) is 0 Å². The molecule has 1 atom stereocenters. The topological polar surface area (TPSA) is 72.9 Å². The fourth-order valence-electron chi connectivity index (χ4n) is 3.77. The molecule has 2 N–H and O–H groups in total. The van der Waals surface area contributed by atoms with Gasteiger partial charge in [0.15, 0.2) is 0 Å². The quantitative estimate of drug-likeness (QED) is 0.800. The average Bonchev–Trinajstić information content (AvgIpc) is 2.63. The van der Waals surface area contributed by atoms with Crippen molar-refractivity contribution in [2.45, 2.75) is 52.6 Å². The molecular weight excluding hydrogens is 342 g/mol. The van der Waals surface area contributed by atoms with E-state index in [0.717, 1.165) is 18.4 Å². The molecule has 27 heavy (non-hydrogen) atoms. The highest BCUT2D eigenvalue weighted by Gasteiger charge is 2.31. The van der Waals surface area contributed by atoms with Gasteiger partial charge in [0.05, 0.1) is 12.6 Å². The summed E-state index contributed by atoms with van der Waals surface area (Å²) in [7, 11) is 0. The Morgan fingerprint density at radius 1 is 1.22 bits per heavy atom. The van der Waals surface area contributed by atoms with Gasteiger partial charge in [-0.2, -0.15) is 0 Å². The maximum Gasteiger partial charge on any atom is 0.317 e. The van der Waals surface area contributed by atoms with Crippen LogP contribution >= 0.6 is 0 Å². The number of carboxylic acid groups (broad SMARTS) is 1. The normalized spacial score (nSPS) is 17.0. The van der Waals surface area contributed by atoms with Crippen molar-refractivity contribution < 1.29 is 14.7 Å². The Morgan fingerprint density at radius 2 is 1.81 bits per heavy atom. The summed E-state index contributed by atoms with van der Waals surface area (Å²) < 4.78 is 0. The minimum absolute atomic E-state index is 0.0430. The van der Waals surface area contributed by atoms with Crippen molar-refractivity contribution in [2.75, 3.05) is 26.2 Å². The molecule has 2 amide bonds. The van der Waals surface area contributed by atoms with Crippen molar-refractivity contribution in [2.24, 2.45) is 5.41 Å². The van der Waals surface area contributed by atoms with E-state index in [4.69, 9.17) is 5.11 Å². The lowest BCUT2D eigenvalue weighted by atomic mass is 9.82. The summed E-state index contributed by atoms with van der Waals surface area (Å²) in [5, 5.41) is 12.3. The van der Waals surface area contributed by atoms with E-state index >= 15 is 0 Å². The fraction of sp³-hybridized carbons (Fsp3) is 0.619. The molecule has 1 aromatic carbocycles. The number of likely N-dealkylation sites (N-methyl/N-ethyl adjacent to an activating group) is 1. The van der Waals surface area contributed by atoms with Gasteiger partial charge in [0.25, 0.3) is 0 Å². The molecule has 0 spiro atoms. The smallest absolute Gasteiger partial charge is 0.317 e. The maximum atomic E-state index is 12.9. The molecule has 1 fully saturated rings. The number of benzene rings is 1. The van der Waals surface area contributed by atoms with E-state index in [0.29, 0.717) is 19.6 Å². The molecule has 1 saturated heterocycles. The lowest BCUT2D eigenvalue weighted by Gasteiger charge is -2.39. The Bertz CT molecular complexity index is 619. The Labute approximate surface area is 162 Å². The van der Waals surface area contributed by atoms with Crippen molar-refractivity contribution in [3.63, 3.8) is 0 Å². The molecule has 1 unspecified atom stereocenters. The lowest BCUT2D eigenvalue weighted by molar-refractivity contribution is -0.139. The molecule has 150 valence electrons. The summed E-state index contributed by atoms with van der Waals surface area (Å²) in [4.78, 5) is 27.7. The van der Waals surface area contributed by atoms with Crippen LogP contribution in [0.2, 0.25) is 0 Å². The van der Waals surface area contributed by atoms with E-state index in [1.54, 1.807) is 0 Å². The predicted octanol–water partition coefficient (Wildman–Crippen LogP) is 3.35. The second kappa shape index (κ2) is 9.22. The first-order valence-corrected chi connectivity index (χ1v) is 9.78. The van der Waals surface area contributed by atoms with Gasteiger partial charge in [-0.3, -0.25) is 9.69 Å². The molecule has 0 radical (unpaired) electrons. The van der Waals surface area contributed by atoms with Gasteiger partial charge in [0, 0.05) is 19.1 Å². The minimum atomic E-state index is -0.798. The van der Waals surface area contributed by atoms with Gasteiger partial charge < -0.3 is 15.3 Å². The Hall–Kier alpha value is -2.08. The van der Waals surface area contributed by atoms with Gasteiger partial charge in [-0.05, 0) is 30.4 Å². The first kappa shape index (κ1) is 21.2. The van der Waals surface area contributed by atoms with E-state index in [1.165, 1.54) is 0 Å². The van der Waals surface area contributed by atoms with Crippen LogP contribution in [0.25, 0.3) is 0 Å². The number of amides is 2. The second-order valence-electron chi connectivity index (χ2n) is 8.33. The van der Waals surface area contributed by atoms with Crippen molar-refractivity contribution in [1.29, 1.82) is 0 Å². The van der Waals surface area contributed by atoms with Crippen LogP contribution in [0.15, 0.2) is 30.3 Å². The standard InChI is InChI=1S/C21H33N3O3/c1-5-23(15-18(25)26)17-11-13-24(14-12-17)20(27)22-19(21(2,3)4)16-9-7-6-8-10-16/h6-10,17,19H,5,11-15H2,1-4H3,(H,22,27)(H,25,26). The van der Waals surface area contributed by atoms with Gasteiger partial charge in [0.2, 0.25) is 0 Å². The van der Waals surface area contributed by atoms with E-state index in [1.807, 2.05) is 47.1 Å². The zero-order chi connectivity index (χ0) is 20.0. The molecule has 6 nitrogen and oxygen atoms in total. The second-order valence-corrected chi connectivity index (χ2v) is 8.33. The Morgan fingerprint density at radius 3 is 2.30 bits per heavy atom. The molecule has 0 bridgehead atoms. The number of piperidine rings is 1. The van der Waals surface area contributed by atoms with Crippen LogP contribution in [-0.4, -0.2) is 59.1 Å². The Balaban J connectivity index is 1.97. The number of carboxylic acids is 1. The largest absolute Gasteiger partial charge is 0.480 e. The van der Waals surface area contributed by atoms with Crippen LogP contribution in [-0.2, 0) is 4.79 Å². The number of urea groups is 1. The zero-order valence-electron chi connectivity index (χ0n) is 16.9. The van der Waals surface area contributed by atoms with Crippen molar-refractivity contribution in [3.05, 3.63) is 35.9 Å². The third kappa shape index (κ3) is 5.96. The van der Waals surface area contributed by atoms with Crippen LogP contribution in [0.4, 0.5) is 4.79 Å².